The molecule has 8 nitrogen and oxygen atoms in total. The summed E-state index contributed by atoms with van der Waals surface area (Å²) < 4.78 is 6.73. The van der Waals surface area contributed by atoms with Crippen LogP contribution in [0.3, 0.4) is 0 Å². The Bertz CT molecular complexity index is 1250. The van der Waals surface area contributed by atoms with Crippen LogP contribution in [-0.2, 0) is 25.7 Å². The van der Waals surface area contributed by atoms with Gasteiger partial charge in [0, 0.05) is 12.2 Å². The fourth-order valence-corrected chi connectivity index (χ4v) is 7.04. The maximum Gasteiger partial charge on any atom is 0.250 e. The van der Waals surface area contributed by atoms with Gasteiger partial charge in [0.1, 0.15) is 11.6 Å². The van der Waals surface area contributed by atoms with E-state index < -0.39 is 35.1 Å². The lowest BCUT2D eigenvalue weighted by molar-refractivity contribution is -0.148. The molecule has 0 saturated carbocycles. The number of hydrogen-bond acceptors (Lipinski definition) is 5. The SMILES string of the molecule is Cc1cccc(C)c1NC(=O)C1N([C@H](C)CO)C(=O)[C@@H]2[C@@H](C(=O)NCc3ccccc3)[C@]3(C)OC12CC3C. The molecule has 5 rings (SSSR count). The highest BCUT2D eigenvalue weighted by Crippen LogP contribution is 2.65. The second-order valence-electron chi connectivity index (χ2n) is 11.4. The number of para-hydroxylation sites is 1. The molecule has 3 saturated heterocycles. The van der Waals surface area contributed by atoms with E-state index in [0.29, 0.717) is 18.7 Å². The maximum atomic E-state index is 14.1. The summed E-state index contributed by atoms with van der Waals surface area (Å²) in [6.45, 7) is 9.51. The number of aryl methyl sites for hydroxylation is 2. The van der Waals surface area contributed by atoms with Crippen molar-refractivity contribution in [3.8, 4) is 0 Å². The molecule has 3 aliphatic heterocycles. The van der Waals surface area contributed by atoms with Crippen LogP contribution in [0.15, 0.2) is 48.5 Å². The van der Waals surface area contributed by atoms with Gasteiger partial charge in [-0.2, -0.15) is 0 Å². The lowest BCUT2D eigenvalue weighted by Crippen LogP contribution is -2.56. The average Bonchev–Trinajstić information content (AvgIpc) is 3.41. The molecule has 2 bridgehead atoms. The zero-order chi connectivity index (χ0) is 27.4. The van der Waals surface area contributed by atoms with Crippen molar-refractivity contribution in [3.05, 3.63) is 65.2 Å². The molecule has 0 aromatic heterocycles. The number of nitrogens with one attached hydrogen (secondary N) is 2. The van der Waals surface area contributed by atoms with E-state index in [2.05, 4.69) is 10.6 Å². The van der Waals surface area contributed by atoms with Gasteiger partial charge in [0.05, 0.1) is 30.1 Å². The molecular weight excluding hydrogens is 482 g/mol. The van der Waals surface area contributed by atoms with Crippen molar-refractivity contribution in [1.82, 2.24) is 10.2 Å². The summed E-state index contributed by atoms with van der Waals surface area (Å²) in [6.07, 6.45) is 0.474. The molecule has 3 N–H and O–H groups in total. The van der Waals surface area contributed by atoms with Crippen LogP contribution in [0.25, 0.3) is 0 Å². The van der Waals surface area contributed by atoms with Gasteiger partial charge in [-0.05, 0) is 56.7 Å². The Morgan fingerprint density at radius 1 is 1.11 bits per heavy atom. The van der Waals surface area contributed by atoms with Gasteiger partial charge in [0.25, 0.3) is 0 Å². The van der Waals surface area contributed by atoms with Crippen molar-refractivity contribution in [2.75, 3.05) is 11.9 Å². The first-order valence-corrected chi connectivity index (χ1v) is 13.4. The molecule has 3 unspecified atom stereocenters. The first-order chi connectivity index (χ1) is 18.0. The maximum absolute atomic E-state index is 14.1. The van der Waals surface area contributed by atoms with Gasteiger partial charge in [0.2, 0.25) is 17.7 Å². The number of aliphatic hydroxyl groups excluding tert-OH is 1. The van der Waals surface area contributed by atoms with Crippen molar-refractivity contribution < 1.29 is 24.2 Å². The van der Waals surface area contributed by atoms with Crippen LogP contribution in [-0.4, -0.2) is 57.6 Å². The molecule has 3 amide bonds. The minimum Gasteiger partial charge on any atom is -0.394 e. The highest BCUT2D eigenvalue weighted by Gasteiger charge is 2.80. The molecule has 38 heavy (non-hydrogen) atoms. The van der Waals surface area contributed by atoms with Crippen molar-refractivity contribution in [2.24, 2.45) is 17.8 Å². The molecule has 3 fully saturated rings. The predicted molar refractivity (Wildman–Crippen MR) is 143 cm³/mol. The number of anilines is 1. The third-order valence-electron chi connectivity index (χ3n) is 9.06. The van der Waals surface area contributed by atoms with Crippen LogP contribution in [0.1, 0.15) is 43.9 Å². The summed E-state index contributed by atoms with van der Waals surface area (Å²) in [4.78, 5) is 43.3. The molecule has 2 aromatic rings. The standard InChI is InChI=1S/C30H37N3O5/c1-17-10-9-11-18(2)24(17)32-27(36)25-30-14-19(3)29(5,38-30)22(23(30)28(37)33(25)20(4)16-34)26(35)31-15-21-12-7-6-8-13-21/h6-13,19-20,22-23,25,34H,14-16H2,1-5H3,(H,31,35)(H,32,36)/t19?,20-,22+,23+,25?,29-,30?/m1/s1. The number of rotatable bonds is 7. The second-order valence-corrected chi connectivity index (χ2v) is 11.4. The minimum absolute atomic E-state index is 0.0566. The molecular formula is C30H37N3O5. The van der Waals surface area contributed by atoms with Crippen LogP contribution in [0.4, 0.5) is 5.69 Å². The van der Waals surface area contributed by atoms with E-state index in [0.717, 1.165) is 16.7 Å². The van der Waals surface area contributed by atoms with Gasteiger partial charge in [-0.3, -0.25) is 14.4 Å². The summed E-state index contributed by atoms with van der Waals surface area (Å²) in [5, 5.41) is 16.1. The van der Waals surface area contributed by atoms with Crippen molar-refractivity contribution >= 4 is 23.4 Å². The Labute approximate surface area is 223 Å². The van der Waals surface area contributed by atoms with Crippen LogP contribution >= 0.6 is 0 Å². The average molecular weight is 520 g/mol. The number of nitrogens with zero attached hydrogens (tertiary/aromatic N) is 1. The lowest BCUT2D eigenvalue weighted by atomic mass is 9.62. The van der Waals surface area contributed by atoms with Gasteiger partial charge < -0.3 is 25.4 Å². The van der Waals surface area contributed by atoms with E-state index in [1.807, 2.05) is 76.2 Å². The summed E-state index contributed by atoms with van der Waals surface area (Å²) in [5.74, 6) is -2.56. The third-order valence-corrected chi connectivity index (χ3v) is 9.06. The summed E-state index contributed by atoms with van der Waals surface area (Å²) in [5.41, 5.74) is 1.42. The Balaban J connectivity index is 1.52. The van der Waals surface area contributed by atoms with Crippen LogP contribution in [0.2, 0.25) is 0 Å². The Morgan fingerprint density at radius 2 is 1.76 bits per heavy atom. The van der Waals surface area contributed by atoms with Crippen molar-refractivity contribution in [2.45, 2.75) is 70.9 Å². The number of hydrogen-bond donors (Lipinski definition) is 3. The topological polar surface area (TPSA) is 108 Å². The first-order valence-electron chi connectivity index (χ1n) is 13.4. The lowest BCUT2D eigenvalue weighted by Gasteiger charge is -2.36. The number of fused-ring (bicyclic) bond motifs is 1. The third kappa shape index (κ3) is 3.84. The summed E-state index contributed by atoms with van der Waals surface area (Å²) in [6, 6.07) is 13.8. The van der Waals surface area contributed by atoms with Gasteiger partial charge >= 0.3 is 0 Å². The molecule has 7 atom stereocenters. The number of likely N-dealkylation sites (tertiary alicyclic amines) is 1. The van der Waals surface area contributed by atoms with E-state index in [9.17, 15) is 19.5 Å². The molecule has 2 aromatic carbocycles. The van der Waals surface area contributed by atoms with Gasteiger partial charge in [-0.1, -0.05) is 55.5 Å². The normalized spacial score (nSPS) is 32.3. The summed E-state index contributed by atoms with van der Waals surface area (Å²) >= 11 is 0. The largest absolute Gasteiger partial charge is 0.394 e. The van der Waals surface area contributed by atoms with Crippen LogP contribution in [0, 0.1) is 31.6 Å². The van der Waals surface area contributed by atoms with Gasteiger partial charge in [-0.15, -0.1) is 0 Å². The van der Waals surface area contributed by atoms with E-state index in [-0.39, 0.29) is 30.2 Å². The number of amides is 3. The monoisotopic (exact) mass is 519 g/mol. The van der Waals surface area contributed by atoms with Crippen LogP contribution < -0.4 is 10.6 Å². The second kappa shape index (κ2) is 9.50. The van der Waals surface area contributed by atoms with Crippen molar-refractivity contribution in [3.63, 3.8) is 0 Å². The first kappa shape index (κ1) is 26.4. The number of carbonyl (C=O) groups excluding carboxylic acids is 3. The van der Waals surface area contributed by atoms with E-state index in [1.54, 1.807) is 6.92 Å². The van der Waals surface area contributed by atoms with E-state index in [1.165, 1.54) is 4.90 Å². The molecule has 0 aliphatic carbocycles. The zero-order valence-corrected chi connectivity index (χ0v) is 22.7. The minimum atomic E-state index is -1.16. The molecule has 202 valence electrons. The number of ether oxygens (including phenoxy) is 1. The Kier molecular flexibility index (Phi) is 6.60. The summed E-state index contributed by atoms with van der Waals surface area (Å²) in [7, 11) is 0. The van der Waals surface area contributed by atoms with E-state index >= 15 is 0 Å². The van der Waals surface area contributed by atoms with Crippen LogP contribution in [0.5, 0.6) is 0 Å². The number of aliphatic hydroxyl groups is 1. The molecule has 3 heterocycles. The van der Waals surface area contributed by atoms with Crippen molar-refractivity contribution in [1.29, 1.82) is 0 Å². The molecule has 1 spiro atoms. The predicted octanol–water partition coefficient (Wildman–Crippen LogP) is 2.95. The fraction of sp³-hybridized carbons (Fsp3) is 0.500. The highest BCUT2D eigenvalue weighted by atomic mass is 16.5. The number of benzene rings is 2. The fourth-order valence-electron chi connectivity index (χ4n) is 7.04. The molecule has 0 radical (unpaired) electrons. The smallest absolute Gasteiger partial charge is 0.250 e. The van der Waals surface area contributed by atoms with E-state index in [4.69, 9.17) is 4.74 Å². The van der Waals surface area contributed by atoms with Gasteiger partial charge in [0.15, 0.2) is 0 Å². The zero-order valence-electron chi connectivity index (χ0n) is 22.7. The molecule has 3 aliphatic rings. The highest BCUT2D eigenvalue weighted by molar-refractivity contribution is 6.04. The molecule has 8 heteroatoms. The number of carbonyl (C=O) groups is 3. The van der Waals surface area contributed by atoms with Gasteiger partial charge in [-0.25, -0.2) is 0 Å². The quantitative estimate of drug-likeness (QED) is 0.521. The Morgan fingerprint density at radius 3 is 2.39 bits per heavy atom. The Hall–Kier alpha value is -3.23.